The van der Waals surface area contributed by atoms with Gasteiger partial charge >= 0.3 is 0 Å². The number of hydrogen-bond acceptors (Lipinski definition) is 7. The summed E-state index contributed by atoms with van der Waals surface area (Å²) in [6, 6.07) is 0.375. The van der Waals surface area contributed by atoms with Crippen LogP contribution in [0.4, 0.5) is 5.82 Å². The van der Waals surface area contributed by atoms with Gasteiger partial charge in [0.15, 0.2) is 5.65 Å². The topological polar surface area (TPSA) is 91.2 Å². The lowest BCUT2D eigenvalue weighted by Gasteiger charge is -2.37. The van der Waals surface area contributed by atoms with E-state index in [9.17, 15) is 4.79 Å². The molecule has 1 saturated carbocycles. The molecule has 3 atom stereocenters. The SMILES string of the molecule is Cn1ncc2c(N3CCN(C(=O)C4NNC5CCCCC54)CC3)ncnc21. The number of nitrogens with zero attached hydrogens (tertiary/aromatic N) is 6. The first-order valence-electron chi connectivity index (χ1n) is 9.90. The largest absolute Gasteiger partial charge is 0.352 e. The Balaban J connectivity index is 1.27. The van der Waals surface area contributed by atoms with Crippen LogP contribution in [0.5, 0.6) is 0 Å². The van der Waals surface area contributed by atoms with Crippen LogP contribution in [0, 0.1) is 5.92 Å². The van der Waals surface area contributed by atoms with E-state index in [0.29, 0.717) is 12.0 Å². The van der Waals surface area contributed by atoms with E-state index in [4.69, 9.17) is 0 Å². The van der Waals surface area contributed by atoms with Crippen molar-refractivity contribution in [3.05, 3.63) is 12.5 Å². The maximum atomic E-state index is 13.1. The molecule has 144 valence electrons. The van der Waals surface area contributed by atoms with Gasteiger partial charge in [-0.25, -0.2) is 15.4 Å². The number of aryl methyl sites for hydroxylation is 1. The molecule has 9 nitrogen and oxygen atoms in total. The van der Waals surface area contributed by atoms with E-state index in [1.807, 2.05) is 18.1 Å². The number of anilines is 1. The van der Waals surface area contributed by atoms with Crippen molar-refractivity contribution in [1.29, 1.82) is 0 Å². The smallest absolute Gasteiger partial charge is 0.241 e. The fourth-order valence-corrected chi connectivity index (χ4v) is 4.82. The van der Waals surface area contributed by atoms with E-state index < -0.39 is 0 Å². The number of amides is 1. The molecule has 0 spiro atoms. The van der Waals surface area contributed by atoms with Crippen LogP contribution in [0.25, 0.3) is 11.0 Å². The summed E-state index contributed by atoms with van der Waals surface area (Å²) in [6.07, 6.45) is 8.22. The second-order valence-corrected chi connectivity index (χ2v) is 7.84. The molecule has 3 fully saturated rings. The number of fused-ring (bicyclic) bond motifs is 2. The number of carbonyl (C=O) groups is 1. The number of carbonyl (C=O) groups excluding carboxylic acids is 1. The Hall–Kier alpha value is -2.26. The highest BCUT2D eigenvalue weighted by molar-refractivity contribution is 5.87. The van der Waals surface area contributed by atoms with Crippen molar-refractivity contribution >= 4 is 22.8 Å². The molecule has 1 aliphatic carbocycles. The summed E-state index contributed by atoms with van der Waals surface area (Å²) in [5.74, 6) is 1.58. The van der Waals surface area contributed by atoms with Crippen molar-refractivity contribution in [2.45, 2.75) is 37.8 Å². The number of hydrazine groups is 1. The summed E-state index contributed by atoms with van der Waals surface area (Å²) in [5.41, 5.74) is 7.47. The van der Waals surface area contributed by atoms with E-state index >= 15 is 0 Å². The maximum absolute atomic E-state index is 13.1. The zero-order valence-electron chi connectivity index (χ0n) is 15.6. The average molecular weight is 370 g/mol. The minimum absolute atomic E-state index is 0.0778. The number of aromatic nitrogens is 4. The van der Waals surface area contributed by atoms with Gasteiger partial charge in [0.2, 0.25) is 5.91 Å². The van der Waals surface area contributed by atoms with E-state index in [2.05, 4.69) is 30.8 Å². The van der Waals surface area contributed by atoms with Crippen molar-refractivity contribution < 1.29 is 4.79 Å². The van der Waals surface area contributed by atoms with Gasteiger partial charge in [-0.05, 0) is 12.8 Å². The van der Waals surface area contributed by atoms with Crippen molar-refractivity contribution in [3.63, 3.8) is 0 Å². The monoisotopic (exact) mass is 370 g/mol. The van der Waals surface area contributed by atoms with Crippen molar-refractivity contribution in [2.75, 3.05) is 31.1 Å². The molecule has 2 N–H and O–H groups in total. The van der Waals surface area contributed by atoms with E-state index in [1.165, 1.54) is 19.3 Å². The molecule has 5 rings (SSSR count). The molecule has 3 unspecified atom stereocenters. The van der Waals surface area contributed by atoms with Crippen LogP contribution in [-0.2, 0) is 11.8 Å². The zero-order valence-corrected chi connectivity index (χ0v) is 15.6. The van der Waals surface area contributed by atoms with Crippen LogP contribution < -0.4 is 15.8 Å². The Labute approximate surface area is 158 Å². The molecule has 0 bridgehead atoms. The van der Waals surface area contributed by atoms with Gasteiger partial charge in [-0.3, -0.25) is 14.9 Å². The Morgan fingerprint density at radius 1 is 1.11 bits per heavy atom. The Kier molecular flexibility index (Phi) is 4.20. The molecule has 3 aliphatic rings. The first-order valence-corrected chi connectivity index (χ1v) is 9.90. The van der Waals surface area contributed by atoms with Crippen LogP contribution in [0.15, 0.2) is 12.5 Å². The normalized spacial score (nSPS) is 28.6. The third-order valence-electron chi connectivity index (χ3n) is 6.34. The Morgan fingerprint density at radius 2 is 1.93 bits per heavy atom. The average Bonchev–Trinajstić information content (AvgIpc) is 3.32. The van der Waals surface area contributed by atoms with Gasteiger partial charge in [0, 0.05) is 45.2 Å². The molecule has 2 aromatic heterocycles. The third-order valence-corrected chi connectivity index (χ3v) is 6.34. The van der Waals surface area contributed by atoms with Crippen LogP contribution >= 0.6 is 0 Å². The lowest BCUT2D eigenvalue weighted by Crippen LogP contribution is -2.55. The number of rotatable bonds is 2. The molecular formula is C18H26N8O. The summed E-state index contributed by atoms with van der Waals surface area (Å²) >= 11 is 0. The Bertz CT molecular complexity index is 843. The van der Waals surface area contributed by atoms with Gasteiger partial charge in [-0.15, -0.1) is 0 Å². The molecule has 2 aromatic rings. The van der Waals surface area contributed by atoms with Gasteiger partial charge in [0.25, 0.3) is 0 Å². The van der Waals surface area contributed by atoms with Gasteiger partial charge in [0.1, 0.15) is 18.2 Å². The summed E-state index contributed by atoms with van der Waals surface area (Å²) in [4.78, 5) is 26.1. The van der Waals surface area contributed by atoms with E-state index in [1.54, 1.807) is 11.0 Å². The number of piperazine rings is 1. The second-order valence-electron chi connectivity index (χ2n) is 7.84. The molecule has 4 heterocycles. The summed E-state index contributed by atoms with van der Waals surface area (Å²) < 4.78 is 1.76. The lowest BCUT2D eigenvalue weighted by molar-refractivity contribution is -0.134. The second kappa shape index (κ2) is 6.72. The van der Waals surface area contributed by atoms with Crippen molar-refractivity contribution in [2.24, 2.45) is 13.0 Å². The highest BCUT2D eigenvalue weighted by atomic mass is 16.2. The first-order chi connectivity index (χ1) is 13.2. The molecule has 0 aromatic carbocycles. The Morgan fingerprint density at radius 3 is 2.78 bits per heavy atom. The minimum Gasteiger partial charge on any atom is -0.352 e. The van der Waals surface area contributed by atoms with Crippen molar-refractivity contribution in [3.8, 4) is 0 Å². The highest BCUT2D eigenvalue weighted by Crippen LogP contribution is 2.31. The fraction of sp³-hybridized carbons (Fsp3) is 0.667. The van der Waals surface area contributed by atoms with Gasteiger partial charge in [-0.1, -0.05) is 12.8 Å². The first kappa shape index (κ1) is 16.9. The molecule has 27 heavy (non-hydrogen) atoms. The molecule has 0 radical (unpaired) electrons. The molecule has 1 amide bonds. The van der Waals surface area contributed by atoms with Gasteiger partial charge in [-0.2, -0.15) is 5.10 Å². The quantitative estimate of drug-likeness (QED) is 0.772. The summed E-state index contributed by atoms with van der Waals surface area (Å²) in [6.45, 7) is 3.00. The lowest BCUT2D eigenvalue weighted by atomic mass is 9.81. The third kappa shape index (κ3) is 2.85. The molecule has 9 heteroatoms. The number of nitrogens with one attached hydrogen (secondary N) is 2. The van der Waals surface area contributed by atoms with Crippen LogP contribution in [-0.4, -0.2) is 68.8 Å². The minimum atomic E-state index is -0.0778. The maximum Gasteiger partial charge on any atom is 0.241 e. The molecule has 2 aliphatic heterocycles. The molecule has 2 saturated heterocycles. The summed E-state index contributed by atoms with van der Waals surface area (Å²) in [5, 5.41) is 5.26. The number of hydrogen-bond donors (Lipinski definition) is 2. The van der Waals surface area contributed by atoms with Gasteiger partial charge < -0.3 is 9.80 Å². The van der Waals surface area contributed by atoms with Gasteiger partial charge in [0.05, 0.1) is 11.6 Å². The van der Waals surface area contributed by atoms with E-state index in [0.717, 1.165) is 49.5 Å². The van der Waals surface area contributed by atoms with Crippen LogP contribution in [0.1, 0.15) is 25.7 Å². The summed E-state index contributed by atoms with van der Waals surface area (Å²) in [7, 11) is 1.89. The van der Waals surface area contributed by atoms with Crippen molar-refractivity contribution in [1.82, 2.24) is 35.5 Å². The molecular weight excluding hydrogens is 344 g/mol. The predicted molar refractivity (Wildman–Crippen MR) is 101 cm³/mol. The highest BCUT2D eigenvalue weighted by Gasteiger charge is 2.42. The fourth-order valence-electron chi connectivity index (χ4n) is 4.82. The van der Waals surface area contributed by atoms with E-state index in [-0.39, 0.29) is 11.9 Å². The predicted octanol–water partition coefficient (Wildman–Crippen LogP) is 0.0471. The van der Waals surface area contributed by atoms with Crippen LogP contribution in [0.3, 0.4) is 0 Å². The zero-order chi connectivity index (χ0) is 18.4. The van der Waals surface area contributed by atoms with Crippen LogP contribution in [0.2, 0.25) is 0 Å². The standard InChI is InChI=1S/C18H26N8O/c1-24-16-13(10-21-24)17(20-11-19-16)25-6-8-26(9-7-25)18(27)15-12-4-2-3-5-14(12)22-23-15/h10-12,14-15,22-23H,2-9H2,1H3.